The van der Waals surface area contributed by atoms with E-state index in [-0.39, 0.29) is 0 Å². The van der Waals surface area contributed by atoms with Crippen molar-refractivity contribution in [3.05, 3.63) is 29.3 Å². The van der Waals surface area contributed by atoms with Crippen LogP contribution in [0, 0.1) is 0 Å². The zero-order chi connectivity index (χ0) is 8.55. The lowest BCUT2D eigenvalue weighted by atomic mass is 10.0. The van der Waals surface area contributed by atoms with Crippen LogP contribution in [0.3, 0.4) is 0 Å². The molecule has 0 aromatic heterocycles. The second kappa shape index (κ2) is 3.07. The van der Waals surface area contributed by atoms with Crippen LogP contribution in [0.25, 0.3) is 0 Å². The molecule has 0 atom stereocenters. The van der Waals surface area contributed by atoms with E-state index in [9.17, 15) is 5.11 Å². The molecule has 0 fully saturated rings. The first-order valence-corrected chi connectivity index (χ1v) is 4.68. The number of phenolic OH excluding ortho intramolecular Hbond substituents is 1. The quantitative estimate of drug-likeness (QED) is 0.687. The normalized spacial score (nSPS) is 17.4. The maximum atomic E-state index is 9.23. The minimum absolute atomic E-state index is 0.372. The second-order valence-corrected chi connectivity index (χ2v) is 4.05. The fourth-order valence-electron chi connectivity index (χ4n) is 1.50. The molecule has 64 valence electrons. The molecule has 2 nitrogen and oxygen atoms in total. The van der Waals surface area contributed by atoms with Crippen LogP contribution < -0.4 is 0 Å². The van der Waals surface area contributed by atoms with Crippen LogP contribution in [-0.2, 0) is 13.0 Å². The molecule has 2 rings (SSSR count). The van der Waals surface area contributed by atoms with Crippen LogP contribution in [-0.4, -0.2) is 15.6 Å². The fourth-order valence-corrected chi connectivity index (χ4v) is 1.95. The highest BCUT2D eigenvalue weighted by molar-refractivity contribution is 9.07. The number of hydrogen-bond donors (Lipinski definition) is 1. The maximum Gasteiger partial charge on any atom is 0.115 e. The summed E-state index contributed by atoms with van der Waals surface area (Å²) in [5.74, 6) is 0.372. The molecule has 12 heavy (non-hydrogen) atoms. The van der Waals surface area contributed by atoms with E-state index >= 15 is 0 Å². The average molecular weight is 228 g/mol. The number of aromatic hydroxyl groups is 1. The van der Waals surface area contributed by atoms with E-state index in [1.165, 1.54) is 11.1 Å². The van der Waals surface area contributed by atoms with Crippen molar-refractivity contribution in [1.29, 1.82) is 0 Å². The van der Waals surface area contributed by atoms with Gasteiger partial charge in [0, 0.05) is 29.2 Å². The van der Waals surface area contributed by atoms with Gasteiger partial charge in [-0.25, -0.2) is 3.93 Å². The molecule has 1 aromatic carbocycles. The van der Waals surface area contributed by atoms with Crippen LogP contribution in [0.1, 0.15) is 11.1 Å². The standard InChI is InChI=1S/C9H10BrNO/c10-11-4-3-7-5-9(12)2-1-8(7)6-11/h1-2,5,12H,3-4,6H2. The molecule has 1 aliphatic rings. The molecule has 1 aliphatic heterocycles. The van der Waals surface area contributed by atoms with Crippen LogP contribution in [0.2, 0.25) is 0 Å². The van der Waals surface area contributed by atoms with Crippen molar-refractivity contribution < 1.29 is 5.11 Å². The highest BCUT2D eigenvalue weighted by Crippen LogP contribution is 2.24. The molecule has 0 radical (unpaired) electrons. The number of fused-ring (bicyclic) bond motifs is 1. The van der Waals surface area contributed by atoms with Gasteiger partial charge in [0.15, 0.2) is 0 Å². The van der Waals surface area contributed by atoms with Crippen molar-refractivity contribution in [3.8, 4) is 5.75 Å². The van der Waals surface area contributed by atoms with Gasteiger partial charge in [0.2, 0.25) is 0 Å². The Labute approximate surface area is 80.2 Å². The zero-order valence-electron chi connectivity index (χ0n) is 6.63. The molecule has 0 spiro atoms. The monoisotopic (exact) mass is 227 g/mol. The smallest absolute Gasteiger partial charge is 0.115 e. The summed E-state index contributed by atoms with van der Waals surface area (Å²) >= 11 is 3.45. The summed E-state index contributed by atoms with van der Waals surface area (Å²) in [6, 6.07) is 5.58. The van der Waals surface area contributed by atoms with E-state index < -0.39 is 0 Å². The van der Waals surface area contributed by atoms with Gasteiger partial charge < -0.3 is 5.11 Å². The van der Waals surface area contributed by atoms with Crippen molar-refractivity contribution in [2.75, 3.05) is 6.54 Å². The Kier molecular flexibility index (Phi) is 2.07. The van der Waals surface area contributed by atoms with E-state index in [0.717, 1.165) is 19.5 Å². The minimum atomic E-state index is 0.372. The van der Waals surface area contributed by atoms with Crippen molar-refractivity contribution in [3.63, 3.8) is 0 Å². The van der Waals surface area contributed by atoms with Crippen LogP contribution >= 0.6 is 16.1 Å². The summed E-state index contributed by atoms with van der Waals surface area (Å²) in [4.78, 5) is 0. The van der Waals surface area contributed by atoms with Gasteiger partial charge in [0.25, 0.3) is 0 Å². The maximum absolute atomic E-state index is 9.23. The zero-order valence-corrected chi connectivity index (χ0v) is 8.21. The average Bonchev–Trinajstić information content (AvgIpc) is 2.05. The van der Waals surface area contributed by atoms with Crippen LogP contribution in [0.5, 0.6) is 5.75 Å². The molecule has 0 aliphatic carbocycles. The van der Waals surface area contributed by atoms with Gasteiger partial charge in [-0.1, -0.05) is 6.07 Å². The molecule has 1 heterocycles. The van der Waals surface area contributed by atoms with E-state index in [4.69, 9.17) is 0 Å². The van der Waals surface area contributed by atoms with Gasteiger partial charge >= 0.3 is 0 Å². The number of phenols is 1. The molecule has 3 heteroatoms. The predicted octanol–water partition coefficient (Wildman–Crippen LogP) is 2.06. The summed E-state index contributed by atoms with van der Waals surface area (Å²) in [6.45, 7) is 1.94. The number of hydrogen-bond acceptors (Lipinski definition) is 2. The van der Waals surface area contributed by atoms with Crippen molar-refractivity contribution in [1.82, 2.24) is 3.93 Å². The van der Waals surface area contributed by atoms with Crippen LogP contribution in [0.4, 0.5) is 0 Å². The molecule has 1 aromatic rings. The Morgan fingerprint density at radius 1 is 1.33 bits per heavy atom. The van der Waals surface area contributed by atoms with Gasteiger partial charge in [0.05, 0.1) is 0 Å². The lowest BCUT2D eigenvalue weighted by Gasteiger charge is -2.22. The Balaban J connectivity index is 2.37. The molecular weight excluding hydrogens is 218 g/mol. The van der Waals surface area contributed by atoms with Gasteiger partial charge in [-0.15, -0.1) is 0 Å². The van der Waals surface area contributed by atoms with Crippen molar-refractivity contribution in [2.24, 2.45) is 0 Å². The number of benzene rings is 1. The Hall–Kier alpha value is -0.540. The minimum Gasteiger partial charge on any atom is -0.508 e. The number of halogens is 1. The Bertz CT molecular complexity index is 301. The van der Waals surface area contributed by atoms with Crippen LogP contribution in [0.15, 0.2) is 18.2 Å². The van der Waals surface area contributed by atoms with Gasteiger partial charge in [-0.05, 0) is 29.7 Å². The SMILES string of the molecule is Oc1ccc2c(c1)CCN(Br)C2. The molecule has 0 amide bonds. The lowest BCUT2D eigenvalue weighted by molar-refractivity contribution is 0.450. The first-order chi connectivity index (χ1) is 5.75. The third-order valence-electron chi connectivity index (χ3n) is 2.16. The van der Waals surface area contributed by atoms with Gasteiger partial charge in [-0.3, -0.25) is 0 Å². The van der Waals surface area contributed by atoms with Crippen molar-refractivity contribution >= 4 is 16.1 Å². The lowest BCUT2D eigenvalue weighted by Crippen LogP contribution is -2.21. The van der Waals surface area contributed by atoms with Crippen molar-refractivity contribution in [2.45, 2.75) is 13.0 Å². The summed E-state index contributed by atoms with van der Waals surface area (Å²) < 4.78 is 2.10. The topological polar surface area (TPSA) is 23.5 Å². The van der Waals surface area contributed by atoms with E-state index in [0.29, 0.717) is 5.75 Å². The molecule has 0 saturated carbocycles. The predicted molar refractivity (Wildman–Crippen MR) is 51.1 cm³/mol. The second-order valence-electron chi connectivity index (χ2n) is 3.05. The molecule has 0 bridgehead atoms. The molecule has 1 N–H and O–H groups in total. The first kappa shape index (κ1) is 8.08. The number of rotatable bonds is 0. The Morgan fingerprint density at radius 2 is 2.17 bits per heavy atom. The first-order valence-electron chi connectivity index (χ1n) is 3.97. The summed E-state index contributed by atoms with van der Waals surface area (Å²) in [5, 5.41) is 9.23. The summed E-state index contributed by atoms with van der Waals surface area (Å²) in [5.41, 5.74) is 2.57. The fraction of sp³-hybridized carbons (Fsp3) is 0.333. The van der Waals surface area contributed by atoms with E-state index in [1.54, 1.807) is 6.07 Å². The summed E-state index contributed by atoms with van der Waals surface area (Å²) in [7, 11) is 0. The van der Waals surface area contributed by atoms with E-state index in [2.05, 4.69) is 20.1 Å². The molecule has 0 saturated heterocycles. The summed E-state index contributed by atoms with van der Waals surface area (Å²) in [6.07, 6.45) is 1.01. The highest BCUT2D eigenvalue weighted by atomic mass is 79.9. The Morgan fingerprint density at radius 3 is 3.00 bits per heavy atom. The van der Waals surface area contributed by atoms with Gasteiger partial charge in [0.1, 0.15) is 5.75 Å². The number of nitrogens with zero attached hydrogens (tertiary/aromatic N) is 1. The highest BCUT2D eigenvalue weighted by Gasteiger charge is 2.13. The van der Waals surface area contributed by atoms with Gasteiger partial charge in [-0.2, -0.15) is 0 Å². The largest absolute Gasteiger partial charge is 0.508 e. The molecule has 0 unspecified atom stereocenters. The van der Waals surface area contributed by atoms with E-state index in [1.807, 2.05) is 12.1 Å². The third kappa shape index (κ3) is 1.47. The molecular formula is C9H10BrNO. The third-order valence-corrected chi connectivity index (χ3v) is 2.76.